The van der Waals surface area contributed by atoms with Crippen LogP contribution >= 0.6 is 0 Å². The van der Waals surface area contributed by atoms with Crippen LogP contribution < -0.4 is 14.4 Å². The maximum Gasteiger partial charge on any atom is 0.268 e. The van der Waals surface area contributed by atoms with Gasteiger partial charge in [0.1, 0.15) is 17.2 Å². The number of aryl methyl sites for hydroxylation is 3. The molecule has 1 aromatic heterocycles. The third-order valence-electron chi connectivity index (χ3n) is 4.94. The molecule has 0 aliphatic rings. The van der Waals surface area contributed by atoms with Crippen molar-refractivity contribution in [2.45, 2.75) is 31.7 Å². The number of benzene rings is 2. The Labute approximate surface area is 188 Å². The van der Waals surface area contributed by atoms with Crippen LogP contribution in [0.15, 0.2) is 66.1 Å². The van der Waals surface area contributed by atoms with Crippen LogP contribution in [0.1, 0.15) is 17.5 Å². The maximum atomic E-state index is 13.7. The number of carbonyl (C=O) groups is 1. The average molecular weight is 457 g/mol. The van der Waals surface area contributed by atoms with E-state index >= 15 is 0 Å². The van der Waals surface area contributed by atoms with Crippen LogP contribution in [0.3, 0.4) is 0 Å². The van der Waals surface area contributed by atoms with Gasteiger partial charge in [-0.1, -0.05) is 18.2 Å². The first kappa shape index (κ1) is 23.3. The second-order valence-electron chi connectivity index (χ2n) is 7.51. The lowest BCUT2D eigenvalue weighted by Gasteiger charge is -2.25. The van der Waals surface area contributed by atoms with E-state index < -0.39 is 10.0 Å². The molecule has 32 heavy (non-hydrogen) atoms. The minimum absolute atomic E-state index is 0.0226. The van der Waals surface area contributed by atoms with Crippen molar-refractivity contribution in [2.24, 2.45) is 0 Å². The number of sulfonamides is 1. The van der Waals surface area contributed by atoms with Crippen LogP contribution in [0.5, 0.6) is 5.75 Å². The summed E-state index contributed by atoms with van der Waals surface area (Å²) in [5, 5.41) is 2.81. The Morgan fingerprint density at radius 2 is 1.94 bits per heavy atom. The predicted molar refractivity (Wildman–Crippen MR) is 123 cm³/mol. The average Bonchev–Trinajstić information content (AvgIpc) is 3.28. The summed E-state index contributed by atoms with van der Waals surface area (Å²) in [4.78, 5) is 16.7. The van der Waals surface area contributed by atoms with Crippen molar-refractivity contribution >= 4 is 21.6 Å². The first-order valence-electron chi connectivity index (χ1n) is 10.3. The molecule has 0 unspecified atom stereocenters. The van der Waals surface area contributed by atoms with Gasteiger partial charge in [0, 0.05) is 25.5 Å². The summed E-state index contributed by atoms with van der Waals surface area (Å²) < 4.78 is 35.7. The Morgan fingerprint density at radius 3 is 2.62 bits per heavy atom. The number of nitrogens with zero attached hydrogens (tertiary/aromatic N) is 3. The number of nitrogens with one attached hydrogen (secondary N) is 1. The number of methoxy groups -OCH3 is 1. The topological polar surface area (TPSA) is 93.5 Å². The van der Waals surface area contributed by atoms with E-state index in [9.17, 15) is 13.2 Å². The Bertz CT molecular complexity index is 1160. The summed E-state index contributed by atoms with van der Waals surface area (Å²) in [6.45, 7) is 4.47. The molecule has 0 fully saturated rings. The van der Waals surface area contributed by atoms with Gasteiger partial charge in [-0.25, -0.2) is 13.4 Å². The molecule has 0 saturated heterocycles. The van der Waals surface area contributed by atoms with Gasteiger partial charge in [-0.2, -0.15) is 0 Å². The van der Waals surface area contributed by atoms with Crippen LogP contribution in [-0.2, 0) is 21.4 Å². The van der Waals surface area contributed by atoms with E-state index in [2.05, 4.69) is 10.3 Å². The summed E-state index contributed by atoms with van der Waals surface area (Å²) >= 11 is 0. The molecule has 9 heteroatoms. The molecule has 3 rings (SSSR count). The highest BCUT2D eigenvalue weighted by Crippen LogP contribution is 2.31. The van der Waals surface area contributed by atoms with Gasteiger partial charge in [-0.3, -0.25) is 9.10 Å². The van der Waals surface area contributed by atoms with Crippen LogP contribution in [0, 0.1) is 13.8 Å². The van der Waals surface area contributed by atoms with E-state index in [1.54, 1.807) is 48.9 Å². The summed E-state index contributed by atoms with van der Waals surface area (Å²) in [6, 6.07) is 12.0. The van der Waals surface area contributed by atoms with Crippen LogP contribution in [0.2, 0.25) is 0 Å². The third-order valence-corrected chi connectivity index (χ3v) is 6.73. The Balaban J connectivity index is 1.82. The van der Waals surface area contributed by atoms with Crippen molar-refractivity contribution in [3.63, 3.8) is 0 Å². The second-order valence-corrected chi connectivity index (χ2v) is 9.34. The molecule has 1 amide bonds. The Kier molecular flexibility index (Phi) is 7.53. The first-order chi connectivity index (χ1) is 15.3. The fraction of sp³-hybridized carbons (Fsp3) is 0.304. The molecule has 1 N–H and O–H groups in total. The molecule has 170 valence electrons. The van der Waals surface area contributed by atoms with Crippen molar-refractivity contribution < 1.29 is 17.9 Å². The molecule has 0 aliphatic carbocycles. The van der Waals surface area contributed by atoms with Crippen molar-refractivity contribution in [3.05, 3.63) is 72.3 Å². The first-order valence-corrected chi connectivity index (χ1v) is 11.7. The zero-order valence-electron chi connectivity index (χ0n) is 18.5. The van der Waals surface area contributed by atoms with E-state index in [0.29, 0.717) is 25.2 Å². The molecule has 3 aromatic rings. The number of aromatic nitrogens is 2. The number of amides is 1. The molecule has 0 aliphatic heterocycles. The van der Waals surface area contributed by atoms with Gasteiger partial charge in [0.25, 0.3) is 10.0 Å². The predicted octanol–water partition coefficient (Wildman–Crippen LogP) is 2.91. The lowest BCUT2D eigenvalue weighted by molar-refractivity contribution is -0.119. The molecular formula is C23H28N4O4S. The molecule has 0 atom stereocenters. The van der Waals surface area contributed by atoms with Crippen molar-refractivity contribution in [1.29, 1.82) is 0 Å². The summed E-state index contributed by atoms with van der Waals surface area (Å²) in [6.07, 6.45) is 5.96. The van der Waals surface area contributed by atoms with Gasteiger partial charge in [0.2, 0.25) is 5.91 Å². The highest BCUT2D eigenvalue weighted by molar-refractivity contribution is 7.93. The molecule has 2 aromatic carbocycles. The molecule has 0 radical (unpaired) electrons. The molecule has 0 saturated carbocycles. The van der Waals surface area contributed by atoms with Gasteiger partial charge in [-0.05, 0) is 55.7 Å². The minimum atomic E-state index is -4.06. The standard InChI is InChI=1S/C23H28N4O4S/c1-18-6-4-7-20(14-18)27(16-23(28)25-10-5-12-26-13-11-24-17-26)32(29,30)22-15-19(2)8-9-21(22)31-3/h4,6-9,11,13-15,17H,5,10,12,16H2,1-3H3,(H,25,28). The maximum absolute atomic E-state index is 13.7. The minimum Gasteiger partial charge on any atom is -0.495 e. The largest absolute Gasteiger partial charge is 0.495 e. The number of hydrogen-bond donors (Lipinski definition) is 1. The van der Waals surface area contributed by atoms with Gasteiger partial charge >= 0.3 is 0 Å². The normalized spacial score (nSPS) is 11.2. The highest BCUT2D eigenvalue weighted by Gasteiger charge is 2.30. The molecule has 0 bridgehead atoms. The molecular weight excluding hydrogens is 428 g/mol. The highest BCUT2D eigenvalue weighted by atomic mass is 32.2. The van der Waals surface area contributed by atoms with Crippen LogP contribution in [0.25, 0.3) is 0 Å². The quantitative estimate of drug-likeness (QED) is 0.474. The second kappa shape index (κ2) is 10.3. The number of imidazole rings is 1. The fourth-order valence-electron chi connectivity index (χ4n) is 3.30. The van der Waals surface area contributed by atoms with E-state index in [4.69, 9.17) is 4.74 Å². The molecule has 1 heterocycles. The van der Waals surface area contributed by atoms with Crippen LogP contribution in [0.4, 0.5) is 5.69 Å². The molecule has 0 spiro atoms. The summed E-state index contributed by atoms with van der Waals surface area (Å²) in [7, 11) is -2.64. The van der Waals surface area contributed by atoms with Crippen molar-refractivity contribution in [3.8, 4) is 5.75 Å². The van der Waals surface area contributed by atoms with E-state index in [1.165, 1.54) is 7.11 Å². The summed E-state index contributed by atoms with van der Waals surface area (Å²) in [5.74, 6) is -0.152. The lowest BCUT2D eigenvalue weighted by Crippen LogP contribution is -2.41. The zero-order valence-corrected chi connectivity index (χ0v) is 19.3. The number of rotatable bonds is 10. The summed E-state index contributed by atoms with van der Waals surface area (Å²) in [5.41, 5.74) is 2.08. The van der Waals surface area contributed by atoms with Gasteiger partial charge in [0.15, 0.2) is 0 Å². The SMILES string of the molecule is COc1ccc(C)cc1S(=O)(=O)N(CC(=O)NCCCn1ccnc1)c1cccc(C)c1. The Morgan fingerprint density at radius 1 is 1.16 bits per heavy atom. The van der Waals surface area contributed by atoms with Crippen LogP contribution in [-0.4, -0.2) is 44.1 Å². The van der Waals surface area contributed by atoms with Crippen molar-refractivity contribution in [2.75, 3.05) is 24.5 Å². The van der Waals surface area contributed by atoms with E-state index in [-0.39, 0.29) is 23.1 Å². The lowest BCUT2D eigenvalue weighted by atomic mass is 10.2. The van der Waals surface area contributed by atoms with Gasteiger partial charge < -0.3 is 14.6 Å². The number of anilines is 1. The van der Waals surface area contributed by atoms with E-state index in [0.717, 1.165) is 15.4 Å². The number of hydrogen-bond acceptors (Lipinski definition) is 5. The monoisotopic (exact) mass is 456 g/mol. The van der Waals surface area contributed by atoms with E-state index in [1.807, 2.05) is 30.7 Å². The zero-order chi connectivity index (χ0) is 23.1. The van der Waals surface area contributed by atoms with Gasteiger partial charge in [-0.15, -0.1) is 0 Å². The fourth-order valence-corrected chi connectivity index (χ4v) is 4.95. The van der Waals surface area contributed by atoms with Crippen molar-refractivity contribution in [1.82, 2.24) is 14.9 Å². The number of ether oxygens (including phenoxy) is 1. The number of carbonyl (C=O) groups excluding carboxylic acids is 1. The van der Waals surface area contributed by atoms with Gasteiger partial charge in [0.05, 0.1) is 19.1 Å². The third kappa shape index (κ3) is 5.67. The smallest absolute Gasteiger partial charge is 0.268 e. The molecule has 8 nitrogen and oxygen atoms in total. The Hall–Kier alpha value is -3.33.